The molecule has 3 fully saturated rings. The van der Waals surface area contributed by atoms with Crippen LogP contribution in [0.3, 0.4) is 0 Å². The maximum absolute atomic E-state index is 17.0. The van der Waals surface area contributed by atoms with Crippen molar-refractivity contribution >= 4 is 55.4 Å². The third-order valence-electron chi connectivity index (χ3n) is 10.7. The van der Waals surface area contributed by atoms with Crippen molar-refractivity contribution in [3.05, 3.63) is 77.7 Å². The smallest absolute Gasteiger partial charge is 0.410 e. The Morgan fingerprint density at radius 3 is 2.43 bits per heavy atom. The van der Waals surface area contributed by atoms with Crippen LogP contribution < -0.4 is 14.4 Å². The highest BCUT2D eigenvalue weighted by Crippen LogP contribution is 2.40. The molecule has 0 aliphatic carbocycles. The van der Waals surface area contributed by atoms with Crippen molar-refractivity contribution in [1.29, 1.82) is 0 Å². The van der Waals surface area contributed by atoms with Crippen LogP contribution in [0.5, 0.6) is 11.8 Å². The predicted octanol–water partition coefficient (Wildman–Crippen LogP) is 7.41. The molecular formula is C40H41ClF2N6O6S. The lowest BCUT2D eigenvalue weighted by Crippen LogP contribution is -2.57. The number of fused-ring (bicyclic) bond motifs is 4. The number of nitrogens with zero attached hydrogens (tertiary/aromatic N) is 6. The highest BCUT2D eigenvalue weighted by molar-refractivity contribution is 7.86. The molecule has 16 heteroatoms. The molecule has 5 aromatic rings. The summed E-state index contributed by atoms with van der Waals surface area (Å²) in [5, 5.41) is 2.34. The van der Waals surface area contributed by atoms with Gasteiger partial charge in [-0.25, -0.2) is 9.18 Å². The summed E-state index contributed by atoms with van der Waals surface area (Å²) in [6.07, 6.45) is 2.91. The minimum Gasteiger partial charge on any atom is -0.489 e. The van der Waals surface area contributed by atoms with Gasteiger partial charge in [-0.05, 0) is 70.7 Å². The van der Waals surface area contributed by atoms with Crippen molar-refractivity contribution in [3.63, 3.8) is 0 Å². The summed E-state index contributed by atoms with van der Waals surface area (Å²) in [5.74, 6) is -0.0359. The summed E-state index contributed by atoms with van der Waals surface area (Å²) in [6.45, 7) is 7.07. The van der Waals surface area contributed by atoms with E-state index in [9.17, 15) is 17.1 Å². The monoisotopic (exact) mass is 806 g/mol. The van der Waals surface area contributed by atoms with Gasteiger partial charge >= 0.3 is 22.3 Å². The average molecular weight is 807 g/mol. The van der Waals surface area contributed by atoms with Crippen molar-refractivity contribution in [3.8, 4) is 23.0 Å². The highest BCUT2D eigenvalue weighted by atomic mass is 35.5. The summed E-state index contributed by atoms with van der Waals surface area (Å²) in [6, 6.07) is 15.6. The van der Waals surface area contributed by atoms with Crippen LogP contribution in [0, 0.1) is 5.82 Å². The van der Waals surface area contributed by atoms with E-state index >= 15 is 4.39 Å². The van der Waals surface area contributed by atoms with Gasteiger partial charge in [-0.1, -0.05) is 48.0 Å². The number of likely N-dealkylation sites (N-methyl/N-ethyl adjacent to an activating group) is 1. The van der Waals surface area contributed by atoms with Gasteiger partial charge in [-0.15, -0.1) is 3.89 Å². The van der Waals surface area contributed by atoms with Crippen LogP contribution in [0.4, 0.5) is 18.9 Å². The second-order valence-electron chi connectivity index (χ2n) is 15.6. The van der Waals surface area contributed by atoms with Gasteiger partial charge in [0.25, 0.3) is 0 Å². The van der Waals surface area contributed by atoms with Crippen LogP contribution in [0.25, 0.3) is 32.9 Å². The lowest BCUT2D eigenvalue weighted by molar-refractivity contribution is 0.0122. The summed E-state index contributed by atoms with van der Waals surface area (Å²) < 4.78 is 72.1. The maximum atomic E-state index is 17.0. The van der Waals surface area contributed by atoms with E-state index in [2.05, 4.69) is 9.97 Å². The Hall–Kier alpha value is -4.86. The van der Waals surface area contributed by atoms with E-state index in [4.69, 9.17) is 30.8 Å². The fourth-order valence-corrected chi connectivity index (χ4v) is 8.86. The Morgan fingerprint density at radius 1 is 1.00 bits per heavy atom. The Labute approximate surface area is 328 Å². The maximum Gasteiger partial charge on any atom is 0.410 e. The van der Waals surface area contributed by atoms with Gasteiger partial charge in [0, 0.05) is 47.9 Å². The van der Waals surface area contributed by atoms with E-state index in [0.29, 0.717) is 53.2 Å². The summed E-state index contributed by atoms with van der Waals surface area (Å²) in [4.78, 5) is 32.8. The molecule has 3 aliphatic heterocycles. The van der Waals surface area contributed by atoms with Gasteiger partial charge < -0.3 is 19.1 Å². The van der Waals surface area contributed by atoms with Crippen molar-refractivity contribution in [1.82, 2.24) is 24.8 Å². The SMILES string of the molecule is CN1CC[C@H](Oc2cccc(S(=O)(=O)F)c2)[C@H]1COc1nc(N2CC3CCC(C2)N3C(=O)OC(C)(C)C)c2cnc(-c3cccc4cccc(Cl)c34)c(F)c2n1. The molecule has 3 aromatic carbocycles. The van der Waals surface area contributed by atoms with Gasteiger partial charge in [-0.3, -0.25) is 14.8 Å². The normalized spacial score (nSPS) is 21.6. The molecule has 12 nitrogen and oxygen atoms in total. The molecule has 4 atom stereocenters. The number of benzene rings is 3. The average Bonchev–Trinajstić information content (AvgIpc) is 3.63. The summed E-state index contributed by atoms with van der Waals surface area (Å²) in [5.41, 5.74) is -0.0497. The van der Waals surface area contributed by atoms with Gasteiger partial charge in [0.1, 0.15) is 46.0 Å². The molecule has 2 aromatic heterocycles. The van der Waals surface area contributed by atoms with Crippen molar-refractivity contribution in [2.45, 2.75) is 74.8 Å². The fourth-order valence-electron chi connectivity index (χ4n) is 8.08. The standard InChI is InChI=1S/C40H41ClF2N6O6S/c1-40(2,3)55-39(50)49-24-14-15-25(49)21-48(20-24)37-29-19-44-35(28-12-5-8-23-9-6-13-30(41)33(23)28)34(42)36(29)45-38(46-37)53-22-31-32(16-17-47(31)4)54-26-10-7-11-27(18-26)56(43,51)52/h5-13,18-19,24-25,31-32H,14-17,20-22H2,1-4H3/t24?,25?,31-,32+/m1/s1. The van der Waals surface area contributed by atoms with E-state index in [1.54, 1.807) is 24.4 Å². The number of hydrogen-bond acceptors (Lipinski definition) is 11. The van der Waals surface area contributed by atoms with Crippen molar-refractivity contribution in [2.24, 2.45) is 0 Å². The Bertz CT molecular complexity index is 2430. The molecule has 8 rings (SSSR count). The van der Waals surface area contributed by atoms with Crippen LogP contribution in [-0.4, -0.2) is 102 Å². The summed E-state index contributed by atoms with van der Waals surface area (Å²) in [7, 11) is -3.02. The van der Waals surface area contributed by atoms with Gasteiger partial charge in [-0.2, -0.15) is 18.4 Å². The molecule has 5 heterocycles. The minimum absolute atomic E-state index is 0.0119. The summed E-state index contributed by atoms with van der Waals surface area (Å²) >= 11 is 6.65. The van der Waals surface area contributed by atoms with Crippen LogP contribution in [0.1, 0.15) is 40.0 Å². The molecule has 56 heavy (non-hydrogen) atoms. The molecule has 0 spiro atoms. The second-order valence-corrected chi connectivity index (χ2v) is 17.3. The number of hydrogen-bond donors (Lipinski definition) is 0. The van der Waals surface area contributed by atoms with Crippen molar-refractivity contribution < 1.29 is 35.7 Å². The largest absolute Gasteiger partial charge is 0.489 e. The van der Waals surface area contributed by atoms with Gasteiger partial charge in [0.05, 0.1) is 23.5 Å². The Balaban J connectivity index is 1.15. The van der Waals surface area contributed by atoms with Crippen LogP contribution in [0.15, 0.2) is 71.8 Å². The number of pyridine rings is 1. The number of halogens is 3. The van der Waals surface area contributed by atoms with Crippen molar-refractivity contribution in [2.75, 3.05) is 38.2 Å². The van der Waals surface area contributed by atoms with Gasteiger partial charge in [0.15, 0.2) is 5.82 Å². The van der Waals surface area contributed by atoms with Crippen LogP contribution >= 0.6 is 11.6 Å². The lowest BCUT2D eigenvalue weighted by atomic mass is 10.0. The van der Waals surface area contributed by atoms with E-state index in [0.717, 1.165) is 30.4 Å². The Kier molecular flexibility index (Phi) is 9.90. The Morgan fingerprint density at radius 2 is 1.71 bits per heavy atom. The number of carbonyl (C=O) groups is 1. The second kappa shape index (κ2) is 14.6. The number of amides is 1. The zero-order valence-corrected chi connectivity index (χ0v) is 32.9. The van der Waals surface area contributed by atoms with E-state index in [1.807, 2.05) is 66.8 Å². The van der Waals surface area contributed by atoms with E-state index < -0.39 is 32.6 Å². The number of anilines is 1. The molecule has 1 amide bonds. The van der Waals surface area contributed by atoms with Crippen LogP contribution in [0.2, 0.25) is 5.02 Å². The van der Waals surface area contributed by atoms with Crippen LogP contribution in [-0.2, 0) is 15.0 Å². The third kappa shape index (κ3) is 7.39. The fraction of sp³-hybridized carbons (Fsp3) is 0.400. The molecule has 2 bridgehead atoms. The molecule has 3 aliphatic rings. The zero-order chi connectivity index (χ0) is 39.5. The van der Waals surface area contributed by atoms with Gasteiger partial charge in [0.2, 0.25) is 0 Å². The molecule has 0 saturated carbocycles. The zero-order valence-electron chi connectivity index (χ0n) is 31.3. The molecular weight excluding hydrogens is 766 g/mol. The molecule has 294 valence electrons. The number of carbonyl (C=O) groups excluding carboxylic acids is 1. The minimum atomic E-state index is -4.92. The first-order chi connectivity index (χ1) is 26.6. The topological polar surface area (TPSA) is 127 Å². The lowest BCUT2D eigenvalue weighted by Gasteiger charge is -2.42. The molecule has 2 unspecified atom stereocenters. The quantitative estimate of drug-likeness (QED) is 0.146. The molecule has 3 saturated heterocycles. The van der Waals surface area contributed by atoms with E-state index in [1.165, 1.54) is 6.07 Å². The number of likely N-dealkylation sites (tertiary alicyclic amines) is 1. The highest BCUT2D eigenvalue weighted by Gasteiger charge is 2.45. The first kappa shape index (κ1) is 38.0. The number of aromatic nitrogens is 3. The molecule has 0 N–H and O–H groups in total. The predicted molar refractivity (Wildman–Crippen MR) is 208 cm³/mol. The first-order valence-electron chi connectivity index (χ1n) is 18.5. The molecule has 0 radical (unpaired) electrons. The number of rotatable bonds is 8. The first-order valence-corrected chi connectivity index (χ1v) is 20.3. The number of ether oxygens (including phenoxy) is 3. The number of piperazine rings is 1. The van der Waals surface area contributed by atoms with E-state index in [-0.39, 0.29) is 53.8 Å². The third-order valence-corrected chi connectivity index (χ3v) is 11.8.